The molecule has 5 rings (SSSR count). The average Bonchev–Trinajstić information content (AvgIpc) is 2.80. The first kappa shape index (κ1) is 20.2. The van der Waals surface area contributed by atoms with Crippen LogP contribution in [0.5, 0.6) is 5.75 Å². The molecular formula is C24H19N3O5. The standard InChI is InChI=1S/C24H19N3O5/c1-11-21(28)16(26-27-25)10-17(32-11)18-12-6-2-3-7-13(12)19-20(24(18)31)23(30)15-9-5-4-8-14(15)22(19)29/h2-9,11,16-17,21,28,31H,10H2,1H3/t11-,16+,17-,21-/m1/s1. The van der Waals surface area contributed by atoms with Crippen molar-refractivity contribution >= 4 is 22.3 Å². The second kappa shape index (κ2) is 7.46. The van der Waals surface area contributed by atoms with Gasteiger partial charge in [-0.05, 0) is 29.6 Å². The predicted molar refractivity (Wildman–Crippen MR) is 116 cm³/mol. The molecule has 2 aliphatic rings. The van der Waals surface area contributed by atoms with E-state index in [-0.39, 0.29) is 34.6 Å². The Morgan fingerprint density at radius 2 is 1.59 bits per heavy atom. The Morgan fingerprint density at radius 1 is 1.00 bits per heavy atom. The summed E-state index contributed by atoms with van der Waals surface area (Å²) in [5.41, 5.74) is 9.90. The molecule has 1 saturated heterocycles. The second-order valence-corrected chi connectivity index (χ2v) is 8.09. The largest absolute Gasteiger partial charge is 0.507 e. The van der Waals surface area contributed by atoms with Crippen LogP contribution in [-0.2, 0) is 4.74 Å². The number of rotatable bonds is 2. The number of aromatic hydroxyl groups is 1. The van der Waals surface area contributed by atoms with Gasteiger partial charge < -0.3 is 14.9 Å². The number of aliphatic hydroxyl groups is 1. The van der Waals surface area contributed by atoms with E-state index in [1.165, 1.54) is 0 Å². The van der Waals surface area contributed by atoms with Crippen LogP contribution in [0.3, 0.4) is 0 Å². The summed E-state index contributed by atoms with van der Waals surface area (Å²) < 4.78 is 5.98. The fourth-order valence-electron chi connectivity index (χ4n) is 4.82. The lowest BCUT2D eigenvalue weighted by Crippen LogP contribution is -2.43. The molecule has 32 heavy (non-hydrogen) atoms. The number of phenolic OH excluding ortho intramolecular Hbond substituents is 1. The number of hydrogen-bond donors (Lipinski definition) is 2. The molecule has 0 aromatic heterocycles. The van der Waals surface area contributed by atoms with Gasteiger partial charge in [0.15, 0.2) is 11.6 Å². The summed E-state index contributed by atoms with van der Waals surface area (Å²) in [7, 11) is 0. The lowest BCUT2D eigenvalue weighted by Gasteiger charge is -2.37. The Morgan fingerprint density at radius 3 is 2.25 bits per heavy atom. The molecule has 160 valence electrons. The van der Waals surface area contributed by atoms with Gasteiger partial charge in [0.1, 0.15) is 5.75 Å². The minimum absolute atomic E-state index is 0.0508. The molecule has 0 saturated carbocycles. The quantitative estimate of drug-likeness (QED) is 0.280. The smallest absolute Gasteiger partial charge is 0.198 e. The van der Waals surface area contributed by atoms with Crippen molar-refractivity contribution < 1.29 is 24.5 Å². The Hall–Kier alpha value is -3.71. The van der Waals surface area contributed by atoms with E-state index >= 15 is 0 Å². The number of carbonyl (C=O) groups excluding carboxylic acids is 2. The normalized spacial score (nSPS) is 24.6. The number of carbonyl (C=O) groups is 2. The van der Waals surface area contributed by atoms with Crippen molar-refractivity contribution in [3.8, 4) is 5.75 Å². The van der Waals surface area contributed by atoms with Gasteiger partial charge in [0.05, 0.1) is 29.9 Å². The zero-order valence-corrected chi connectivity index (χ0v) is 17.1. The first-order valence-corrected chi connectivity index (χ1v) is 10.3. The number of azide groups is 1. The van der Waals surface area contributed by atoms with Gasteiger partial charge in [-0.1, -0.05) is 53.6 Å². The van der Waals surface area contributed by atoms with Crippen LogP contribution in [0.1, 0.15) is 56.9 Å². The molecule has 2 N–H and O–H groups in total. The number of phenols is 1. The van der Waals surface area contributed by atoms with Crippen molar-refractivity contribution in [2.75, 3.05) is 0 Å². The van der Waals surface area contributed by atoms with Crippen molar-refractivity contribution in [3.63, 3.8) is 0 Å². The molecule has 1 aliphatic carbocycles. The average molecular weight is 429 g/mol. The summed E-state index contributed by atoms with van der Waals surface area (Å²) in [4.78, 5) is 29.6. The van der Waals surface area contributed by atoms with Crippen LogP contribution in [-0.4, -0.2) is 40.0 Å². The van der Waals surface area contributed by atoms with E-state index in [4.69, 9.17) is 10.3 Å². The van der Waals surface area contributed by atoms with E-state index in [2.05, 4.69) is 10.0 Å². The van der Waals surface area contributed by atoms with E-state index in [9.17, 15) is 19.8 Å². The van der Waals surface area contributed by atoms with Gasteiger partial charge in [-0.15, -0.1) is 0 Å². The second-order valence-electron chi connectivity index (χ2n) is 8.09. The Balaban J connectivity index is 1.78. The van der Waals surface area contributed by atoms with Gasteiger partial charge in [-0.2, -0.15) is 0 Å². The molecule has 0 unspecified atom stereocenters. The maximum Gasteiger partial charge on any atom is 0.198 e. The van der Waals surface area contributed by atoms with Gasteiger partial charge in [0.2, 0.25) is 0 Å². The highest BCUT2D eigenvalue weighted by molar-refractivity contribution is 6.33. The molecule has 3 aromatic rings. The van der Waals surface area contributed by atoms with Crippen LogP contribution in [0.4, 0.5) is 0 Å². The molecule has 1 heterocycles. The number of benzene rings is 3. The Bertz CT molecular complexity index is 1340. The molecule has 4 atom stereocenters. The molecule has 3 aromatic carbocycles. The first-order valence-electron chi connectivity index (χ1n) is 10.3. The van der Waals surface area contributed by atoms with Gasteiger partial charge in [-0.3, -0.25) is 9.59 Å². The lowest BCUT2D eigenvalue weighted by atomic mass is 9.78. The molecule has 0 bridgehead atoms. The number of ketones is 2. The minimum Gasteiger partial charge on any atom is -0.507 e. The third-order valence-corrected chi connectivity index (χ3v) is 6.33. The molecular weight excluding hydrogens is 410 g/mol. The minimum atomic E-state index is -0.997. The van der Waals surface area contributed by atoms with E-state index in [1.54, 1.807) is 55.5 Å². The summed E-state index contributed by atoms with van der Waals surface area (Å²) in [5.74, 6) is -1.08. The maximum atomic E-state index is 13.4. The summed E-state index contributed by atoms with van der Waals surface area (Å²) in [6, 6.07) is 12.8. The van der Waals surface area contributed by atoms with Crippen LogP contribution >= 0.6 is 0 Å². The van der Waals surface area contributed by atoms with E-state index in [0.717, 1.165) is 0 Å². The SMILES string of the molecule is C[C@H]1O[C@@H](c2c(O)c3c(c4ccccc24)C(=O)c2ccccc2C3=O)C[C@H](N=[N+]=[N-])[C@@H]1O. The zero-order valence-electron chi connectivity index (χ0n) is 17.1. The van der Waals surface area contributed by atoms with Crippen molar-refractivity contribution in [2.24, 2.45) is 5.11 Å². The van der Waals surface area contributed by atoms with E-state index in [0.29, 0.717) is 21.9 Å². The summed E-state index contributed by atoms with van der Waals surface area (Å²) in [6.07, 6.45) is -2.30. The topological polar surface area (TPSA) is 133 Å². The summed E-state index contributed by atoms with van der Waals surface area (Å²) in [6.45, 7) is 1.65. The fourth-order valence-corrected chi connectivity index (χ4v) is 4.82. The fraction of sp³-hybridized carbons (Fsp3) is 0.250. The van der Waals surface area contributed by atoms with Crippen LogP contribution in [0.15, 0.2) is 53.6 Å². The maximum absolute atomic E-state index is 13.4. The van der Waals surface area contributed by atoms with E-state index < -0.39 is 30.1 Å². The first-order chi connectivity index (χ1) is 15.4. The van der Waals surface area contributed by atoms with Crippen molar-refractivity contribution in [3.05, 3.63) is 86.8 Å². The number of aliphatic hydroxyl groups excluding tert-OH is 1. The van der Waals surface area contributed by atoms with Crippen LogP contribution in [0.2, 0.25) is 0 Å². The highest BCUT2D eigenvalue weighted by atomic mass is 16.5. The number of fused-ring (bicyclic) bond motifs is 4. The summed E-state index contributed by atoms with van der Waals surface area (Å²) >= 11 is 0. The number of nitrogens with zero attached hydrogens (tertiary/aromatic N) is 3. The van der Waals surface area contributed by atoms with Gasteiger partial charge >= 0.3 is 0 Å². The number of hydrogen-bond acceptors (Lipinski definition) is 6. The molecule has 0 amide bonds. The zero-order chi connectivity index (χ0) is 22.6. The van der Waals surface area contributed by atoms with Crippen molar-refractivity contribution in [2.45, 2.75) is 37.7 Å². The Labute approximate surface area is 182 Å². The van der Waals surface area contributed by atoms with Crippen LogP contribution in [0, 0.1) is 0 Å². The van der Waals surface area contributed by atoms with Crippen molar-refractivity contribution in [1.29, 1.82) is 0 Å². The third-order valence-electron chi connectivity index (χ3n) is 6.33. The highest BCUT2D eigenvalue weighted by Gasteiger charge is 2.40. The molecule has 1 fully saturated rings. The summed E-state index contributed by atoms with van der Waals surface area (Å²) in [5, 5.41) is 26.5. The number of ether oxygens (including phenoxy) is 1. The van der Waals surface area contributed by atoms with Crippen LogP contribution in [0.25, 0.3) is 21.2 Å². The van der Waals surface area contributed by atoms with Gasteiger partial charge in [0.25, 0.3) is 0 Å². The lowest BCUT2D eigenvalue weighted by molar-refractivity contribution is -0.119. The van der Waals surface area contributed by atoms with Gasteiger partial charge in [0, 0.05) is 27.2 Å². The molecule has 0 spiro atoms. The molecule has 1 aliphatic heterocycles. The highest BCUT2D eigenvalue weighted by Crippen LogP contribution is 2.46. The predicted octanol–water partition coefficient (Wildman–Crippen LogP) is 4.21. The third kappa shape index (κ3) is 2.81. The monoisotopic (exact) mass is 429 g/mol. The van der Waals surface area contributed by atoms with Gasteiger partial charge in [-0.25, -0.2) is 0 Å². The molecule has 8 nitrogen and oxygen atoms in total. The van der Waals surface area contributed by atoms with E-state index in [1.807, 2.05) is 0 Å². The van der Waals surface area contributed by atoms with Crippen LogP contribution < -0.4 is 0 Å². The Kier molecular flexibility index (Phi) is 4.71. The molecule has 8 heteroatoms. The molecule has 0 radical (unpaired) electrons. The van der Waals surface area contributed by atoms with Crippen molar-refractivity contribution in [1.82, 2.24) is 0 Å².